The molecular weight excluding hydrogens is 316 g/mol. The normalized spacial score (nSPS) is 10.1. The summed E-state index contributed by atoms with van der Waals surface area (Å²) in [7, 11) is 0. The molecule has 2 rings (SSSR count). The lowest BCUT2D eigenvalue weighted by atomic mass is 10.1. The van der Waals surface area contributed by atoms with Gasteiger partial charge in [0.15, 0.2) is 6.29 Å². The molecule has 0 aliphatic heterocycles. The molecule has 136 valence electrons. The summed E-state index contributed by atoms with van der Waals surface area (Å²) in [5, 5.41) is 0. The van der Waals surface area contributed by atoms with Gasteiger partial charge in [-0.05, 0) is 44.9 Å². The zero-order chi connectivity index (χ0) is 18.5. The second kappa shape index (κ2) is 12.2. The Labute approximate surface area is 150 Å². The molecule has 0 fully saturated rings. The number of ether oxygens (including phenoxy) is 3. The van der Waals surface area contributed by atoms with Gasteiger partial charge in [0, 0.05) is 18.8 Å². The van der Waals surface area contributed by atoms with Crippen LogP contribution in [-0.2, 0) is 16.1 Å². The summed E-state index contributed by atoms with van der Waals surface area (Å²) in [4.78, 5) is 10.9. The predicted molar refractivity (Wildman–Crippen MR) is 100 cm³/mol. The molecule has 0 radical (unpaired) electrons. The van der Waals surface area contributed by atoms with Gasteiger partial charge in [-0.3, -0.25) is 4.79 Å². The molecule has 0 spiro atoms. The highest BCUT2D eigenvalue weighted by Gasteiger charge is 2.02. The van der Waals surface area contributed by atoms with Crippen LogP contribution in [0.5, 0.6) is 5.75 Å². The molecule has 0 atom stereocenters. The van der Waals surface area contributed by atoms with Gasteiger partial charge in [-0.15, -0.1) is 0 Å². The molecule has 25 heavy (non-hydrogen) atoms. The minimum atomic E-state index is -0.0370. The van der Waals surface area contributed by atoms with Crippen molar-refractivity contribution in [2.75, 3.05) is 13.2 Å². The molecule has 0 unspecified atom stereocenters. The van der Waals surface area contributed by atoms with Crippen molar-refractivity contribution in [3.05, 3.63) is 65.2 Å². The highest BCUT2D eigenvalue weighted by atomic mass is 16.7. The molecule has 0 heterocycles. The van der Waals surface area contributed by atoms with Crippen molar-refractivity contribution >= 4 is 6.29 Å². The number of hydrogen-bond donors (Lipinski definition) is 0. The Kier molecular flexibility index (Phi) is 10.2. The summed E-state index contributed by atoms with van der Waals surface area (Å²) in [6.07, 6.45) is 0.821. The quantitative estimate of drug-likeness (QED) is 0.510. The Morgan fingerprint density at radius 2 is 1.56 bits per heavy atom. The van der Waals surface area contributed by atoms with E-state index in [2.05, 4.69) is 0 Å². The van der Waals surface area contributed by atoms with Crippen LogP contribution in [0, 0.1) is 6.92 Å². The second-order valence-electron chi connectivity index (χ2n) is 5.35. The lowest BCUT2D eigenvalue weighted by Gasteiger charge is -2.09. The van der Waals surface area contributed by atoms with Gasteiger partial charge in [0.05, 0.1) is 0 Å². The van der Waals surface area contributed by atoms with Crippen molar-refractivity contribution in [3.63, 3.8) is 0 Å². The number of para-hydroxylation sites is 1. The molecule has 0 amide bonds. The standard InChI is InChI=1S/C15H14O2.C6H14O2/c1-12-6-2-5-9-15(12)17-11-14-8-4-3-7-13(14)10-16;1-4-7-6(3)8-5-2/h2-10H,11H2,1H3;6H,4-5H2,1-3H3. The smallest absolute Gasteiger partial charge is 0.154 e. The molecule has 2 aromatic rings. The highest BCUT2D eigenvalue weighted by Crippen LogP contribution is 2.18. The number of rotatable bonds is 8. The van der Waals surface area contributed by atoms with Crippen LogP contribution in [0.2, 0.25) is 0 Å². The van der Waals surface area contributed by atoms with Gasteiger partial charge in [0.25, 0.3) is 0 Å². The zero-order valence-corrected chi connectivity index (χ0v) is 15.5. The largest absolute Gasteiger partial charge is 0.489 e. The molecule has 4 heteroatoms. The first kappa shape index (κ1) is 20.9. The maximum absolute atomic E-state index is 10.9. The minimum Gasteiger partial charge on any atom is -0.489 e. The predicted octanol–water partition coefficient (Wildman–Crippen LogP) is 4.79. The summed E-state index contributed by atoms with van der Waals surface area (Å²) in [5.74, 6) is 0.855. The molecular formula is C21H28O4. The molecule has 0 bridgehead atoms. The van der Waals surface area contributed by atoms with E-state index in [1.54, 1.807) is 6.07 Å². The van der Waals surface area contributed by atoms with Gasteiger partial charge in [0.1, 0.15) is 18.6 Å². The summed E-state index contributed by atoms with van der Waals surface area (Å²) in [6.45, 7) is 9.67. The van der Waals surface area contributed by atoms with Crippen molar-refractivity contribution < 1.29 is 19.0 Å². The third-order valence-electron chi connectivity index (χ3n) is 3.46. The first-order valence-electron chi connectivity index (χ1n) is 8.57. The van der Waals surface area contributed by atoms with Gasteiger partial charge >= 0.3 is 0 Å². The number of carbonyl (C=O) groups excluding carboxylic acids is 1. The lowest BCUT2D eigenvalue weighted by molar-refractivity contribution is -0.123. The van der Waals surface area contributed by atoms with Crippen LogP contribution >= 0.6 is 0 Å². The van der Waals surface area contributed by atoms with Crippen molar-refractivity contribution in [2.45, 2.75) is 40.6 Å². The lowest BCUT2D eigenvalue weighted by Crippen LogP contribution is -2.11. The van der Waals surface area contributed by atoms with Gasteiger partial charge in [0.2, 0.25) is 0 Å². The molecule has 4 nitrogen and oxygen atoms in total. The van der Waals surface area contributed by atoms with E-state index in [0.29, 0.717) is 12.2 Å². The third-order valence-corrected chi connectivity index (χ3v) is 3.46. The number of aryl methyl sites for hydroxylation is 1. The van der Waals surface area contributed by atoms with E-state index >= 15 is 0 Å². The van der Waals surface area contributed by atoms with Crippen molar-refractivity contribution in [3.8, 4) is 5.75 Å². The zero-order valence-electron chi connectivity index (χ0n) is 15.5. The summed E-state index contributed by atoms with van der Waals surface area (Å²) < 4.78 is 15.8. The van der Waals surface area contributed by atoms with E-state index in [4.69, 9.17) is 14.2 Å². The molecule has 0 aliphatic carbocycles. The van der Waals surface area contributed by atoms with Crippen molar-refractivity contribution in [1.29, 1.82) is 0 Å². The molecule has 0 N–H and O–H groups in total. The number of hydrogen-bond acceptors (Lipinski definition) is 4. The second-order valence-corrected chi connectivity index (χ2v) is 5.35. The first-order chi connectivity index (χ1) is 12.1. The van der Waals surface area contributed by atoms with Crippen LogP contribution in [0.25, 0.3) is 0 Å². The maximum Gasteiger partial charge on any atom is 0.154 e. The van der Waals surface area contributed by atoms with Crippen LogP contribution in [-0.4, -0.2) is 25.8 Å². The average Bonchev–Trinajstić information content (AvgIpc) is 2.62. The van der Waals surface area contributed by atoms with Gasteiger partial charge in [-0.1, -0.05) is 42.5 Å². The van der Waals surface area contributed by atoms with Crippen LogP contribution < -0.4 is 4.74 Å². The van der Waals surface area contributed by atoms with Crippen LogP contribution in [0.4, 0.5) is 0 Å². The Bertz CT molecular complexity index is 619. The Balaban J connectivity index is 0.000000333. The molecule has 0 aliphatic rings. The number of benzene rings is 2. The Morgan fingerprint density at radius 3 is 2.16 bits per heavy atom. The van der Waals surface area contributed by atoms with Crippen LogP contribution in [0.15, 0.2) is 48.5 Å². The van der Waals surface area contributed by atoms with Crippen LogP contribution in [0.1, 0.15) is 42.3 Å². The van der Waals surface area contributed by atoms with Crippen molar-refractivity contribution in [1.82, 2.24) is 0 Å². The minimum absolute atomic E-state index is 0.0370. The summed E-state index contributed by atoms with van der Waals surface area (Å²) in [5.41, 5.74) is 2.68. The maximum atomic E-state index is 10.9. The molecule has 0 aromatic heterocycles. The van der Waals surface area contributed by atoms with Gasteiger partial charge in [-0.25, -0.2) is 0 Å². The number of carbonyl (C=O) groups is 1. The van der Waals surface area contributed by atoms with Gasteiger partial charge in [-0.2, -0.15) is 0 Å². The van der Waals surface area contributed by atoms with Gasteiger partial charge < -0.3 is 14.2 Å². The summed E-state index contributed by atoms with van der Waals surface area (Å²) >= 11 is 0. The van der Waals surface area contributed by atoms with Crippen LogP contribution in [0.3, 0.4) is 0 Å². The van der Waals surface area contributed by atoms with E-state index in [1.807, 2.05) is 70.2 Å². The Morgan fingerprint density at radius 1 is 0.960 bits per heavy atom. The third kappa shape index (κ3) is 7.96. The Hall–Kier alpha value is -2.17. The van der Waals surface area contributed by atoms with E-state index in [0.717, 1.165) is 36.4 Å². The fourth-order valence-corrected chi connectivity index (χ4v) is 2.17. The number of aldehydes is 1. The molecule has 2 aromatic carbocycles. The van der Waals surface area contributed by atoms with Crippen molar-refractivity contribution in [2.24, 2.45) is 0 Å². The molecule has 0 saturated heterocycles. The van der Waals surface area contributed by atoms with E-state index in [1.165, 1.54) is 0 Å². The first-order valence-corrected chi connectivity index (χ1v) is 8.57. The topological polar surface area (TPSA) is 44.8 Å². The molecule has 0 saturated carbocycles. The fourth-order valence-electron chi connectivity index (χ4n) is 2.17. The summed E-state index contributed by atoms with van der Waals surface area (Å²) in [6, 6.07) is 15.3. The van der Waals surface area contributed by atoms with E-state index in [9.17, 15) is 4.79 Å². The fraction of sp³-hybridized carbons (Fsp3) is 0.381. The van der Waals surface area contributed by atoms with E-state index < -0.39 is 0 Å². The SMILES string of the molecule is CCOC(C)OCC.Cc1ccccc1OCc1ccccc1C=O. The highest BCUT2D eigenvalue weighted by molar-refractivity contribution is 5.77. The average molecular weight is 344 g/mol. The van der Waals surface area contributed by atoms with E-state index in [-0.39, 0.29) is 6.29 Å². The monoisotopic (exact) mass is 344 g/mol.